The van der Waals surface area contributed by atoms with Crippen LogP contribution in [0.5, 0.6) is 0 Å². The zero-order valence-electron chi connectivity index (χ0n) is 4.38. The molecule has 2 atom stereocenters. The second-order valence-corrected chi connectivity index (χ2v) is 4.04. The number of aliphatic hydroxyl groups excluding tert-OH is 1. The molecule has 0 aromatic carbocycles. The molecule has 0 bridgehead atoms. The summed E-state index contributed by atoms with van der Waals surface area (Å²) in [6.07, 6.45) is -1.29. The summed E-state index contributed by atoms with van der Waals surface area (Å²) < 4.78 is 0. The van der Waals surface area contributed by atoms with Gasteiger partial charge in [0.1, 0.15) is 0 Å². The minimum absolute atomic E-state index is 0.0718. The molecule has 0 radical (unpaired) electrons. The maximum absolute atomic E-state index is 8.47. The third-order valence-corrected chi connectivity index (χ3v) is 3.27. The van der Waals surface area contributed by atoms with Crippen LogP contribution in [-0.2, 0) is 0 Å². The smallest absolute Gasteiger partial charge is 0.165 e. The molecule has 0 spiro atoms. The Kier molecular flexibility index (Phi) is 4.24. The van der Waals surface area contributed by atoms with E-state index in [4.69, 9.17) is 10.2 Å². The average Bonchev–Trinajstić information content (AvgIpc) is 1.64. The van der Waals surface area contributed by atoms with Crippen molar-refractivity contribution in [1.82, 2.24) is 0 Å². The van der Waals surface area contributed by atoms with Gasteiger partial charge in [-0.3, -0.25) is 0 Å². The van der Waals surface area contributed by atoms with E-state index in [0.717, 1.165) is 0 Å². The van der Waals surface area contributed by atoms with Crippen LogP contribution in [0.25, 0.3) is 0 Å². The quantitative estimate of drug-likeness (QED) is 0.561. The van der Waals surface area contributed by atoms with Gasteiger partial charge in [0.15, 0.2) is 6.29 Å². The molecule has 0 aliphatic rings. The lowest BCUT2D eigenvalue weighted by molar-refractivity contribution is -0.0376. The highest BCUT2D eigenvalue weighted by Gasteiger charge is 2.16. The third-order valence-electron chi connectivity index (χ3n) is 0.724. The number of aliphatic hydroxyl groups is 2. The first-order chi connectivity index (χ1) is 3.55. The number of hydrogen-bond donors (Lipinski definition) is 2. The predicted molar refractivity (Wildman–Crippen MR) is 39.3 cm³/mol. The van der Waals surface area contributed by atoms with Crippen LogP contribution >= 0.6 is 31.9 Å². The van der Waals surface area contributed by atoms with Crippen LogP contribution in [0.4, 0.5) is 0 Å². The van der Waals surface area contributed by atoms with Crippen LogP contribution in [-0.4, -0.2) is 26.2 Å². The minimum Gasteiger partial charge on any atom is -0.367 e. The van der Waals surface area contributed by atoms with E-state index in [1.54, 1.807) is 0 Å². The predicted octanol–water partition coefficient (Wildman–Crippen LogP) is 0.844. The van der Waals surface area contributed by atoms with Crippen LogP contribution < -0.4 is 0 Å². The number of alkyl halides is 2. The second-order valence-electron chi connectivity index (χ2n) is 1.54. The molecule has 2 nitrogen and oxygen atoms in total. The maximum atomic E-state index is 8.47. The summed E-state index contributed by atoms with van der Waals surface area (Å²) in [6, 6.07) is 0. The Bertz CT molecular complexity index is 57.1. The lowest BCUT2D eigenvalue weighted by atomic mass is 10.3. The molecule has 50 valence electrons. The van der Waals surface area contributed by atoms with E-state index in [1.807, 2.05) is 6.92 Å². The molecule has 0 fully saturated rings. The van der Waals surface area contributed by atoms with E-state index in [9.17, 15) is 0 Å². The van der Waals surface area contributed by atoms with Crippen LogP contribution in [0.2, 0.25) is 0 Å². The third kappa shape index (κ3) is 3.02. The summed E-state index contributed by atoms with van der Waals surface area (Å²) in [4.78, 5) is -0.218. The van der Waals surface area contributed by atoms with Crippen LogP contribution in [0, 0.1) is 0 Å². The first kappa shape index (κ1) is 8.88. The Labute approximate surface area is 65.2 Å². The number of hydrogen-bond acceptors (Lipinski definition) is 2. The Morgan fingerprint density at radius 2 is 1.62 bits per heavy atom. The SMILES string of the molecule is CC(Br)C(Br)C(O)O. The van der Waals surface area contributed by atoms with Gasteiger partial charge in [-0.1, -0.05) is 38.8 Å². The molecule has 0 rings (SSSR count). The molecule has 2 unspecified atom stereocenters. The molecule has 2 N–H and O–H groups in total. The fourth-order valence-electron chi connectivity index (χ4n) is 0.237. The van der Waals surface area contributed by atoms with Gasteiger partial charge in [-0.05, 0) is 0 Å². The van der Waals surface area contributed by atoms with Crippen molar-refractivity contribution in [3.63, 3.8) is 0 Å². The first-order valence-corrected chi connectivity index (χ1v) is 4.03. The van der Waals surface area contributed by atoms with Crippen LogP contribution in [0.1, 0.15) is 6.92 Å². The molecule has 0 aliphatic carbocycles. The van der Waals surface area contributed by atoms with E-state index in [2.05, 4.69) is 31.9 Å². The first-order valence-electron chi connectivity index (χ1n) is 2.20. The summed E-state index contributed by atoms with van der Waals surface area (Å²) in [5.41, 5.74) is 0. The number of halogens is 2. The Morgan fingerprint density at radius 3 is 1.62 bits per heavy atom. The molecule has 0 aromatic rings. The number of rotatable bonds is 2. The van der Waals surface area contributed by atoms with Crippen molar-refractivity contribution in [3.8, 4) is 0 Å². The van der Waals surface area contributed by atoms with Crippen molar-refractivity contribution < 1.29 is 10.2 Å². The lowest BCUT2D eigenvalue weighted by Crippen LogP contribution is -2.26. The fraction of sp³-hybridized carbons (Fsp3) is 1.00. The summed E-state index contributed by atoms with van der Waals surface area (Å²) in [7, 11) is 0. The van der Waals surface area contributed by atoms with Gasteiger partial charge in [-0.15, -0.1) is 0 Å². The fourth-order valence-corrected chi connectivity index (χ4v) is 0.510. The summed E-state index contributed by atoms with van der Waals surface area (Å²) in [6.45, 7) is 1.83. The van der Waals surface area contributed by atoms with E-state index in [1.165, 1.54) is 0 Å². The van der Waals surface area contributed by atoms with Gasteiger partial charge >= 0.3 is 0 Å². The van der Waals surface area contributed by atoms with Crippen molar-refractivity contribution in [1.29, 1.82) is 0 Å². The largest absolute Gasteiger partial charge is 0.367 e. The summed E-state index contributed by atoms with van der Waals surface area (Å²) >= 11 is 6.23. The lowest BCUT2D eigenvalue weighted by Gasteiger charge is -2.12. The van der Waals surface area contributed by atoms with Crippen molar-refractivity contribution in [2.24, 2.45) is 0 Å². The molecular weight excluding hydrogens is 240 g/mol. The zero-order valence-corrected chi connectivity index (χ0v) is 7.55. The van der Waals surface area contributed by atoms with E-state index in [0.29, 0.717) is 0 Å². The molecule has 0 aliphatic heterocycles. The minimum atomic E-state index is -1.29. The Morgan fingerprint density at radius 1 is 1.25 bits per heavy atom. The van der Waals surface area contributed by atoms with Gasteiger partial charge in [0, 0.05) is 4.83 Å². The highest BCUT2D eigenvalue weighted by Crippen LogP contribution is 2.15. The highest BCUT2D eigenvalue weighted by atomic mass is 79.9. The van der Waals surface area contributed by atoms with E-state index < -0.39 is 6.29 Å². The molecule has 0 saturated heterocycles. The monoisotopic (exact) mass is 246 g/mol. The van der Waals surface area contributed by atoms with Gasteiger partial charge < -0.3 is 10.2 Å². The standard InChI is InChI=1S/C4H8Br2O2/c1-2(5)3(6)4(7)8/h2-4,7-8H,1H3. The van der Waals surface area contributed by atoms with Crippen molar-refractivity contribution in [2.45, 2.75) is 22.9 Å². The van der Waals surface area contributed by atoms with Crippen molar-refractivity contribution in [3.05, 3.63) is 0 Å². The molecule has 0 amide bonds. The Hall–Kier alpha value is 0.880. The molecule has 8 heavy (non-hydrogen) atoms. The van der Waals surface area contributed by atoms with Gasteiger partial charge in [0.05, 0.1) is 4.83 Å². The second kappa shape index (κ2) is 3.82. The van der Waals surface area contributed by atoms with E-state index >= 15 is 0 Å². The summed E-state index contributed by atoms with van der Waals surface area (Å²) in [5, 5.41) is 16.9. The van der Waals surface area contributed by atoms with Crippen molar-refractivity contribution >= 4 is 31.9 Å². The molecular formula is C4H8Br2O2. The van der Waals surface area contributed by atoms with Crippen LogP contribution in [0.3, 0.4) is 0 Å². The maximum Gasteiger partial charge on any atom is 0.165 e. The molecule has 0 saturated carbocycles. The highest BCUT2D eigenvalue weighted by molar-refractivity contribution is 9.12. The van der Waals surface area contributed by atoms with Crippen molar-refractivity contribution in [2.75, 3.05) is 0 Å². The molecule has 0 heterocycles. The van der Waals surface area contributed by atoms with Crippen LogP contribution in [0.15, 0.2) is 0 Å². The molecule has 4 heteroatoms. The summed E-state index contributed by atoms with van der Waals surface area (Å²) in [5.74, 6) is 0. The van der Waals surface area contributed by atoms with Gasteiger partial charge in [0.25, 0.3) is 0 Å². The average molecular weight is 248 g/mol. The zero-order chi connectivity index (χ0) is 6.73. The topological polar surface area (TPSA) is 40.5 Å². The van der Waals surface area contributed by atoms with E-state index in [-0.39, 0.29) is 9.65 Å². The van der Waals surface area contributed by atoms with Gasteiger partial charge in [0.2, 0.25) is 0 Å². The Balaban J connectivity index is 3.46. The normalized spacial score (nSPS) is 18.8. The van der Waals surface area contributed by atoms with Gasteiger partial charge in [-0.25, -0.2) is 0 Å². The molecule has 0 aromatic heterocycles. The van der Waals surface area contributed by atoms with Gasteiger partial charge in [-0.2, -0.15) is 0 Å².